The summed E-state index contributed by atoms with van der Waals surface area (Å²) in [6.45, 7) is 3.47. The fraction of sp³-hybridized carbons (Fsp3) is 0.333. The van der Waals surface area contributed by atoms with Crippen LogP contribution in [0.1, 0.15) is 18.1 Å². The Labute approximate surface area is 125 Å². The molecule has 2 aromatic rings. The molecule has 2 rings (SSSR count). The van der Waals surface area contributed by atoms with Gasteiger partial charge in [-0.3, -0.25) is 0 Å². The van der Waals surface area contributed by atoms with Crippen LogP contribution >= 0.6 is 0 Å². The van der Waals surface area contributed by atoms with E-state index in [0.717, 1.165) is 11.1 Å². The van der Waals surface area contributed by atoms with Crippen LogP contribution in [0.3, 0.4) is 0 Å². The van der Waals surface area contributed by atoms with Crippen LogP contribution in [0.5, 0.6) is 0 Å². The van der Waals surface area contributed by atoms with Crippen LogP contribution < -0.4 is 0 Å². The molecule has 0 saturated carbocycles. The first-order valence-corrected chi connectivity index (χ1v) is 7.13. The molecule has 2 aromatic carbocycles. The van der Waals surface area contributed by atoms with Crippen molar-refractivity contribution >= 4 is 0 Å². The molecule has 0 bridgehead atoms. The van der Waals surface area contributed by atoms with E-state index < -0.39 is 0 Å². The summed E-state index contributed by atoms with van der Waals surface area (Å²) < 4.78 is 13.2. The fourth-order valence-corrected chi connectivity index (χ4v) is 2.67. The van der Waals surface area contributed by atoms with Crippen LogP contribution in [0.15, 0.2) is 54.6 Å². The van der Waals surface area contributed by atoms with Crippen LogP contribution in [0.4, 0.5) is 4.39 Å². The summed E-state index contributed by atoms with van der Waals surface area (Å²) in [6, 6.07) is 16.6. The van der Waals surface area contributed by atoms with Crippen molar-refractivity contribution in [2.75, 3.05) is 20.2 Å². The quantitative estimate of drug-likeness (QED) is 0.882. The van der Waals surface area contributed by atoms with E-state index in [1.807, 2.05) is 50.4 Å². The summed E-state index contributed by atoms with van der Waals surface area (Å²) in [4.78, 5) is 2.11. The summed E-state index contributed by atoms with van der Waals surface area (Å²) in [5.41, 5.74) is 1.72. The molecule has 1 N–H and O–H groups in total. The van der Waals surface area contributed by atoms with E-state index >= 15 is 0 Å². The van der Waals surface area contributed by atoms with Gasteiger partial charge in [-0.15, -0.1) is 0 Å². The highest BCUT2D eigenvalue weighted by Gasteiger charge is 2.27. The molecule has 0 aromatic heterocycles. The summed E-state index contributed by atoms with van der Waals surface area (Å²) in [6.07, 6.45) is 0. The van der Waals surface area contributed by atoms with Gasteiger partial charge in [0.1, 0.15) is 5.82 Å². The number of rotatable bonds is 6. The molecule has 0 aliphatic carbocycles. The summed E-state index contributed by atoms with van der Waals surface area (Å²) >= 11 is 0. The molecule has 0 saturated heterocycles. The standard InChI is InChI=1S/C18H22FNO/c1-18(14-21,16-8-4-3-5-9-16)13-20(2)12-15-7-6-10-17(19)11-15/h3-11,21H,12-14H2,1-2H3. The van der Waals surface area contributed by atoms with Gasteiger partial charge >= 0.3 is 0 Å². The van der Waals surface area contributed by atoms with Crippen LogP contribution in [0.2, 0.25) is 0 Å². The molecule has 0 amide bonds. The highest BCUT2D eigenvalue weighted by molar-refractivity contribution is 5.25. The zero-order chi connectivity index (χ0) is 15.3. The number of likely N-dealkylation sites (N-methyl/N-ethyl adjacent to an activating group) is 1. The second kappa shape index (κ2) is 6.83. The Bertz CT molecular complexity index is 572. The maximum absolute atomic E-state index is 13.2. The number of halogens is 1. The Kier molecular flexibility index (Phi) is 5.10. The Morgan fingerprint density at radius 3 is 2.43 bits per heavy atom. The molecule has 2 nitrogen and oxygen atoms in total. The van der Waals surface area contributed by atoms with Gasteiger partial charge in [0, 0.05) is 18.5 Å². The predicted molar refractivity (Wildman–Crippen MR) is 83.6 cm³/mol. The van der Waals surface area contributed by atoms with E-state index in [9.17, 15) is 9.50 Å². The molecule has 0 heterocycles. The highest BCUT2D eigenvalue weighted by atomic mass is 19.1. The first-order valence-electron chi connectivity index (χ1n) is 7.13. The van der Waals surface area contributed by atoms with E-state index in [0.29, 0.717) is 13.1 Å². The smallest absolute Gasteiger partial charge is 0.123 e. The second-order valence-corrected chi connectivity index (χ2v) is 5.89. The molecule has 21 heavy (non-hydrogen) atoms. The van der Waals surface area contributed by atoms with Crippen molar-refractivity contribution in [2.45, 2.75) is 18.9 Å². The highest BCUT2D eigenvalue weighted by Crippen LogP contribution is 2.24. The molecule has 112 valence electrons. The Balaban J connectivity index is 2.08. The molecule has 1 atom stereocenters. The van der Waals surface area contributed by atoms with Crippen molar-refractivity contribution in [2.24, 2.45) is 0 Å². The van der Waals surface area contributed by atoms with Crippen LogP contribution in [0.25, 0.3) is 0 Å². The second-order valence-electron chi connectivity index (χ2n) is 5.89. The number of aliphatic hydroxyl groups is 1. The van der Waals surface area contributed by atoms with Gasteiger partial charge in [-0.25, -0.2) is 4.39 Å². The third-order valence-electron chi connectivity index (χ3n) is 3.78. The lowest BCUT2D eigenvalue weighted by Crippen LogP contribution is -2.39. The molecule has 1 unspecified atom stereocenters. The van der Waals surface area contributed by atoms with E-state index in [4.69, 9.17) is 0 Å². The van der Waals surface area contributed by atoms with Crippen molar-refractivity contribution in [3.63, 3.8) is 0 Å². The molecular formula is C18H22FNO. The zero-order valence-corrected chi connectivity index (χ0v) is 12.6. The molecule has 0 aliphatic rings. The molecule has 3 heteroatoms. The zero-order valence-electron chi connectivity index (χ0n) is 12.6. The van der Waals surface area contributed by atoms with Gasteiger partial charge < -0.3 is 10.0 Å². The summed E-state index contributed by atoms with van der Waals surface area (Å²) in [5, 5.41) is 9.81. The lowest BCUT2D eigenvalue weighted by atomic mass is 9.83. The minimum absolute atomic E-state index is 0.0739. The van der Waals surface area contributed by atoms with E-state index in [1.165, 1.54) is 6.07 Å². The van der Waals surface area contributed by atoms with Crippen LogP contribution in [-0.2, 0) is 12.0 Å². The molecule has 0 fully saturated rings. The average molecular weight is 287 g/mol. The Hall–Kier alpha value is -1.71. The third kappa shape index (κ3) is 4.13. The van der Waals surface area contributed by atoms with Crippen molar-refractivity contribution in [1.82, 2.24) is 4.90 Å². The van der Waals surface area contributed by atoms with Crippen molar-refractivity contribution in [3.05, 3.63) is 71.5 Å². The predicted octanol–water partition coefficient (Wildman–Crippen LogP) is 3.21. The van der Waals surface area contributed by atoms with Crippen molar-refractivity contribution in [1.29, 1.82) is 0 Å². The first kappa shape index (κ1) is 15.7. The first-order chi connectivity index (χ1) is 10.0. The lowest BCUT2D eigenvalue weighted by Gasteiger charge is -2.32. The molecule has 0 aliphatic heterocycles. The Morgan fingerprint density at radius 2 is 1.81 bits per heavy atom. The van der Waals surface area contributed by atoms with E-state index in [1.54, 1.807) is 12.1 Å². The van der Waals surface area contributed by atoms with Gasteiger partial charge in [0.15, 0.2) is 0 Å². The summed E-state index contributed by atoms with van der Waals surface area (Å²) in [5.74, 6) is -0.214. The SMILES string of the molecule is CN(Cc1cccc(F)c1)CC(C)(CO)c1ccccc1. The van der Waals surface area contributed by atoms with Gasteiger partial charge in [-0.2, -0.15) is 0 Å². The fourth-order valence-electron chi connectivity index (χ4n) is 2.67. The summed E-state index contributed by atoms with van der Waals surface area (Å²) in [7, 11) is 1.99. The topological polar surface area (TPSA) is 23.5 Å². The van der Waals surface area contributed by atoms with E-state index in [2.05, 4.69) is 4.90 Å². The molecule has 0 radical (unpaired) electrons. The maximum atomic E-state index is 13.2. The number of hydrogen-bond acceptors (Lipinski definition) is 2. The van der Waals surface area contributed by atoms with Gasteiger partial charge in [0.2, 0.25) is 0 Å². The Morgan fingerprint density at radius 1 is 1.10 bits per heavy atom. The van der Waals surface area contributed by atoms with Crippen LogP contribution in [0, 0.1) is 5.82 Å². The maximum Gasteiger partial charge on any atom is 0.123 e. The van der Waals surface area contributed by atoms with Crippen molar-refractivity contribution in [3.8, 4) is 0 Å². The number of benzene rings is 2. The van der Waals surface area contributed by atoms with E-state index in [-0.39, 0.29) is 17.8 Å². The monoisotopic (exact) mass is 287 g/mol. The largest absolute Gasteiger partial charge is 0.395 e. The number of aliphatic hydroxyl groups excluding tert-OH is 1. The third-order valence-corrected chi connectivity index (χ3v) is 3.78. The average Bonchev–Trinajstić information content (AvgIpc) is 2.48. The van der Waals surface area contributed by atoms with Gasteiger partial charge in [-0.05, 0) is 30.3 Å². The number of hydrogen-bond donors (Lipinski definition) is 1. The minimum atomic E-state index is -0.330. The van der Waals surface area contributed by atoms with Gasteiger partial charge in [-0.1, -0.05) is 49.4 Å². The van der Waals surface area contributed by atoms with Gasteiger partial charge in [0.25, 0.3) is 0 Å². The molecular weight excluding hydrogens is 265 g/mol. The van der Waals surface area contributed by atoms with Crippen LogP contribution in [-0.4, -0.2) is 30.2 Å². The normalized spacial score (nSPS) is 14.1. The molecule has 0 spiro atoms. The lowest BCUT2D eigenvalue weighted by molar-refractivity contribution is 0.156. The number of nitrogens with zero attached hydrogens (tertiary/aromatic N) is 1. The van der Waals surface area contributed by atoms with Gasteiger partial charge in [0.05, 0.1) is 6.61 Å². The van der Waals surface area contributed by atoms with Crippen molar-refractivity contribution < 1.29 is 9.50 Å². The minimum Gasteiger partial charge on any atom is -0.395 e.